The summed E-state index contributed by atoms with van der Waals surface area (Å²) < 4.78 is 16.0. The van der Waals surface area contributed by atoms with Crippen LogP contribution in [0.15, 0.2) is 54.6 Å². The van der Waals surface area contributed by atoms with Gasteiger partial charge in [0.05, 0.1) is 17.0 Å². The van der Waals surface area contributed by atoms with Crippen molar-refractivity contribution in [3.63, 3.8) is 0 Å². The van der Waals surface area contributed by atoms with E-state index in [4.69, 9.17) is 0 Å². The number of halogens is 1. The Balaban J connectivity index is 1.81. The summed E-state index contributed by atoms with van der Waals surface area (Å²) >= 11 is 0. The third kappa shape index (κ3) is 2.85. The maximum atomic E-state index is 14.4. The minimum absolute atomic E-state index is 0.117. The van der Waals surface area contributed by atoms with Crippen molar-refractivity contribution in [3.8, 4) is 5.69 Å². The van der Waals surface area contributed by atoms with Crippen molar-refractivity contribution in [2.45, 2.75) is 38.5 Å². The molecule has 0 aliphatic heterocycles. The first-order chi connectivity index (χ1) is 12.7. The van der Waals surface area contributed by atoms with E-state index in [0.717, 1.165) is 23.4 Å². The van der Waals surface area contributed by atoms with Gasteiger partial charge < -0.3 is 0 Å². The van der Waals surface area contributed by atoms with Crippen LogP contribution in [-0.2, 0) is 12.8 Å². The summed E-state index contributed by atoms with van der Waals surface area (Å²) in [4.78, 5) is 12.9. The maximum absolute atomic E-state index is 14.4. The molecule has 4 rings (SSSR count). The molecule has 0 saturated heterocycles. The fourth-order valence-electron chi connectivity index (χ4n) is 3.85. The van der Waals surface area contributed by atoms with Crippen LogP contribution in [0.2, 0.25) is 0 Å². The summed E-state index contributed by atoms with van der Waals surface area (Å²) in [5.41, 5.74) is 3.91. The van der Waals surface area contributed by atoms with Crippen LogP contribution >= 0.6 is 0 Å². The minimum atomic E-state index is -0.322. The number of nitrogens with zero attached hydrogens (tertiary/aromatic N) is 2. The lowest BCUT2D eigenvalue weighted by molar-refractivity contribution is 0.0963. The molecule has 1 heterocycles. The molecular weight excluding hydrogens is 327 g/mol. The molecule has 0 radical (unpaired) electrons. The van der Waals surface area contributed by atoms with E-state index < -0.39 is 0 Å². The second-order valence-electron chi connectivity index (χ2n) is 6.82. The summed E-state index contributed by atoms with van der Waals surface area (Å²) in [5, 5.41) is 4.68. The first kappa shape index (κ1) is 16.7. The van der Waals surface area contributed by atoms with Gasteiger partial charge in [0, 0.05) is 6.42 Å². The number of hydrogen-bond acceptors (Lipinski definition) is 2. The molecule has 1 aliphatic rings. The molecule has 0 fully saturated rings. The van der Waals surface area contributed by atoms with Crippen LogP contribution in [0.4, 0.5) is 4.39 Å². The molecule has 3 aromatic rings. The molecule has 0 saturated carbocycles. The predicted octanol–water partition coefficient (Wildman–Crippen LogP) is 4.88. The third-order valence-corrected chi connectivity index (χ3v) is 5.04. The first-order valence-electron chi connectivity index (χ1n) is 9.12. The average Bonchev–Trinajstić information content (AvgIpc) is 3.02. The van der Waals surface area contributed by atoms with Crippen LogP contribution in [0, 0.1) is 5.82 Å². The Labute approximate surface area is 152 Å². The molecule has 0 amide bonds. The van der Waals surface area contributed by atoms with E-state index in [1.807, 2.05) is 18.2 Å². The lowest BCUT2D eigenvalue weighted by Gasteiger charge is -2.21. The van der Waals surface area contributed by atoms with Gasteiger partial charge in [-0.25, -0.2) is 9.07 Å². The largest absolute Gasteiger partial charge is 0.294 e. The van der Waals surface area contributed by atoms with Gasteiger partial charge in [-0.05, 0) is 36.5 Å². The van der Waals surface area contributed by atoms with E-state index in [0.29, 0.717) is 30.5 Å². The van der Waals surface area contributed by atoms with Gasteiger partial charge in [0.15, 0.2) is 5.78 Å². The smallest absolute Gasteiger partial charge is 0.167 e. The van der Waals surface area contributed by atoms with Crippen LogP contribution in [0.25, 0.3) is 5.69 Å². The van der Waals surface area contributed by atoms with Gasteiger partial charge in [-0.15, -0.1) is 0 Å². The third-order valence-electron chi connectivity index (χ3n) is 5.04. The van der Waals surface area contributed by atoms with E-state index in [1.54, 1.807) is 22.9 Å². The van der Waals surface area contributed by atoms with Crippen LogP contribution < -0.4 is 0 Å². The van der Waals surface area contributed by atoms with Gasteiger partial charge in [0.1, 0.15) is 11.5 Å². The number of carbonyl (C=O) groups is 1. The number of ketones is 1. The van der Waals surface area contributed by atoms with E-state index in [1.165, 1.54) is 6.07 Å². The molecule has 1 aliphatic carbocycles. The standard InChI is InChI=1S/C22H21FN2O/c1-2-8-20-22-18(24-25(20)19-12-7-6-11-17(19)23)13-16(14-21(22)26)15-9-4-3-5-10-15/h3-7,9-12,16H,2,8,13-14H2,1H3/t16-/m1/s1. The topological polar surface area (TPSA) is 34.9 Å². The Bertz CT molecular complexity index is 946. The molecule has 1 aromatic heterocycles. The molecule has 4 heteroatoms. The number of hydrogen-bond donors (Lipinski definition) is 0. The SMILES string of the molecule is CCCc1c2c(nn1-c1ccccc1F)C[C@@H](c1ccccc1)CC2=O. The fourth-order valence-corrected chi connectivity index (χ4v) is 3.85. The molecule has 0 bridgehead atoms. The van der Waals surface area contributed by atoms with Crippen LogP contribution in [-0.4, -0.2) is 15.6 Å². The molecule has 0 N–H and O–H groups in total. The van der Waals surface area contributed by atoms with E-state index in [2.05, 4.69) is 24.2 Å². The Morgan fingerprint density at radius 2 is 1.81 bits per heavy atom. The Morgan fingerprint density at radius 1 is 1.08 bits per heavy atom. The normalized spacial score (nSPS) is 16.5. The van der Waals surface area contributed by atoms with E-state index in [9.17, 15) is 9.18 Å². The minimum Gasteiger partial charge on any atom is -0.294 e. The second-order valence-corrected chi connectivity index (χ2v) is 6.82. The Morgan fingerprint density at radius 3 is 2.54 bits per heavy atom. The summed E-state index contributed by atoms with van der Waals surface area (Å²) in [5.74, 6) is -0.0717. The zero-order valence-electron chi connectivity index (χ0n) is 14.8. The van der Waals surface area contributed by atoms with Crippen LogP contribution in [0.5, 0.6) is 0 Å². The zero-order chi connectivity index (χ0) is 18.1. The molecule has 3 nitrogen and oxygen atoms in total. The highest BCUT2D eigenvalue weighted by atomic mass is 19.1. The van der Waals surface area contributed by atoms with Crippen molar-refractivity contribution in [2.75, 3.05) is 0 Å². The van der Waals surface area contributed by atoms with Gasteiger partial charge >= 0.3 is 0 Å². The lowest BCUT2D eigenvalue weighted by atomic mass is 9.81. The molecule has 0 spiro atoms. The molecule has 132 valence electrons. The number of para-hydroxylation sites is 1. The van der Waals surface area contributed by atoms with Crippen LogP contribution in [0.3, 0.4) is 0 Å². The number of rotatable bonds is 4. The van der Waals surface area contributed by atoms with Gasteiger partial charge in [-0.3, -0.25) is 4.79 Å². The summed E-state index contributed by atoms with van der Waals surface area (Å²) in [7, 11) is 0. The number of aromatic nitrogens is 2. The fraction of sp³-hybridized carbons (Fsp3) is 0.273. The van der Waals surface area contributed by atoms with Crippen molar-refractivity contribution >= 4 is 5.78 Å². The average molecular weight is 348 g/mol. The van der Waals surface area contributed by atoms with Gasteiger partial charge in [0.25, 0.3) is 0 Å². The second kappa shape index (κ2) is 6.87. The van der Waals surface area contributed by atoms with E-state index in [-0.39, 0.29) is 17.5 Å². The number of Topliss-reactive ketones (excluding diaryl/α,β-unsaturated/α-hetero) is 1. The number of benzene rings is 2. The van der Waals surface area contributed by atoms with Crippen molar-refractivity contribution in [1.82, 2.24) is 9.78 Å². The summed E-state index contributed by atoms with van der Waals surface area (Å²) in [6, 6.07) is 16.7. The number of carbonyl (C=O) groups excluding carboxylic acids is 1. The predicted molar refractivity (Wildman–Crippen MR) is 99.4 cm³/mol. The quantitative estimate of drug-likeness (QED) is 0.674. The summed E-state index contributed by atoms with van der Waals surface area (Å²) in [6.45, 7) is 2.06. The van der Waals surface area contributed by atoms with Crippen molar-refractivity contribution in [1.29, 1.82) is 0 Å². The summed E-state index contributed by atoms with van der Waals surface area (Å²) in [6.07, 6.45) is 2.78. The van der Waals surface area contributed by atoms with Gasteiger partial charge in [0.2, 0.25) is 0 Å². The van der Waals surface area contributed by atoms with Gasteiger partial charge in [-0.1, -0.05) is 55.8 Å². The first-order valence-corrected chi connectivity index (χ1v) is 9.12. The van der Waals surface area contributed by atoms with Crippen LogP contribution in [0.1, 0.15) is 53.0 Å². The van der Waals surface area contributed by atoms with Crippen molar-refractivity contribution in [2.24, 2.45) is 0 Å². The highest BCUT2D eigenvalue weighted by Gasteiger charge is 2.32. The Kier molecular flexibility index (Phi) is 4.41. The molecule has 1 atom stereocenters. The van der Waals surface area contributed by atoms with Gasteiger partial charge in [-0.2, -0.15) is 5.10 Å². The van der Waals surface area contributed by atoms with Crippen molar-refractivity contribution < 1.29 is 9.18 Å². The molecular formula is C22H21FN2O. The van der Waals surface area contributed by atoms with E-state index >= 15 is 0 Å². The molecule has 2 aromatic carbocycles. The Hall–Kier alpha value is -2.75. The number of fused-ring (bicyclic) bond motifs is 1. The highest BCUT2D eigenvalue weighted by molar-refractivity contribution is 6.00. The molecule has 0 unspecified atom stereocenters. The monoisotopic (exact) mass is 348 g/mol. The zero-order valence-corrected chi connectivity index (χ0v) is 14.8. The maximum Gasteiger partial charge on any atom is 0.167 e. The van der Waals surface area contributed by atoms with Crippen molar-refractivity contribution in [3.05, 3.63) is 82.9 Å². The highest BCUT2D eigenvalue weighted by Crippen LogP contribution is 2.35. The molecule has 26 heavy (non-hydrogen) atoms. The lowest BCUT2D eigenvalue weighted by Crippen LogP contribution is -2.19.